The van der Waals surface area contributed by atoms with Crippen molar-refractivity contribution in [1.29, 1.82) is 5.41 Å². The van der Waals surface area contributed by atoms with Gasteiger partial charge in [0.15, 0.2) is 4.34 Å². The summed E-state index contributed by atoms with van der Waals surface area (Å²) in [5.41, 5.74) is 5.49. The van der Waals surface area contributed by atoms with Crippen LogP contribution in [-0.4, -0.2) is 16.0 Å². The fourth-order valence-electron chi connectivity index (χ4n) is 1.26. The molecule has 0 saturated heterocycles. The number of benzene rings is 1. The van der Waals surface area contributed by atoms with Gasteiger partial charge in [-0.05, 0) is 19.1 Å². The van der Waals surface area contributed by atoms with E-state index in [9.17, 15) is 4.39 Å². The van der Waals surface area contributed by atoms with E-state index < -0.39 is 5.82 Å². The van der Waals surface area contributed by atoms with E-state index >= 15 is 0 Å². The molecule has 0 saturated carbocycles. The van der Waals surface area contributed by atoms with Crippen LogP contribution in [0.5, 0.6) is 0 Å². The van der Waals surface area contributed by atoms with Crippen LogP contribution < -0.4 is 5.73 Å². The lowest BCUT2D eigenvalue weighted by Crippen LogP contribution is -2.14. The van der Waals surface area contributed by atoms with E-state index in [4.69, 9.17) is 11.1 Å². The molecule has 0 radical (unpaired) electrons. The highest BCUT2D eigenvalue weighted by Crippen LogP contribution is 2.33. The van der Waals surface area contributed by atoms with Crippen molar-refractivity contribution in [3.05, 3.63) is 34.6 Å². The molecule has 0 amide bonds. The van der Waals surface area contributed by atoms with Crippen LogP contribution in [0.4, 0.5) is 4.39 Å². The van der Waals surface area contributed by atoms with Gasteiger partial charge in [-0.25, -0.2) is 4.39 Å². The second-order valence-corrected chi connectivity index (χ2v) is 5.69. The zero-order valence-electron chi connectivity index (χ0n) is 8.90. The maximum Gasteiger partial charge on any atom is 0.179 e. The molecule has 0 spiro atoms. The minimum atomic E-state index is -0.497. The Morgan fingerprint density at radius 2 is 2.24 bits per heavy atom. The van der Waals surface area contributed by atoms with Crippen molar-refractivity contribution in [3.8, 4) is 0 Å². The molecule has 0 aliphatic rings. The lowest BCUT2D eigenvalue weighted by atomic mass is 10.2. The van der Waals surface area contributed by atoms with Crippen molar-refractivity contribution >= 4 is 28.9 Å². The predicted octanol–water partition coefficient (Wildman–Crippen LogP) is 2.42. The van der Waals surface area contributed by atoms with E-state index in [2.05, 4.69) is 10.2 Å². The molecule has 2 aromatic rings. The third-order valence-electron chi connectivity index (χ3n) is 1.95. The van der Waals surface area contributed by atoms with E-state index in [-0.39, 0.29) is 11.4 Å². The molecule has 0 atom stereocenters. The fourth-order valence-corrected chi connectivity index (χ4v) is 3.20. The first kappa shape index (κ1) is 12.0. The van der Waals surface area contributed by atoms with Crippen LogP contribution in [-0.2, 0) is 0 Å². The summed E-state index contributed by atoms with van der Waals surface area (Å²) in [5.74, 6) is -0.782. The van der Waals surface area contributed by atoms with Crippen molar-refractivity contribution in [2.45, 2.75) is 16.2 Å². The number of nitrogens with one attached hydrogen (secondary N) is 1. The fraction of sp³-hybridized carbons (Fsp3) is 0.100. The van der Waals surface area contributed by atoms with Gasteiger partial charge in [-0.2, -0.15) is 0 Å². The lowest BCUT2D eigenvalue weighted by molar-refractivity contribution is 0.621. The van der Waals surface area contributed by atoms with Gasteiger partial charge in [-0.15, -0.1) is 10.2 Å². The Hall–Kier alpha value is -1.47. The van der Waals surface area contributed by atoms with E-state index in [0.29, 0.717) is 9.24 Å². The molecule has 4 nitrogen and oxygen atoms in total. The summed E-state index contributed by atoms with van der Waals surface area (Å²) in [6.45, 7) is 1.85. The lowest BCUT2D eigenvalue weighted by Gasteiger charge is -2.06. The molecule has 88 valence electrons. The summed E-state index contributed by atoms with van der Waals surface area (Å²) in [5, 5.41) is 16.0. The van der Waals surface area contributed by atoms with E-state index in [0.717, 1.165) is 5.01 Å². The number of rotatable bonds is 3. The van der Waals surface area contributed by atoms with Crippen molar-refractivity contribution in [1.82, 2.24) is 10.2 Å². The van der Waals surface area contributed by atoms with Crippen LogP contribution in [0, 0.1) is 18.2 Å². The summed E-state index contributed by atoms with van der Waals surface area (Å²) in [7, 11) is 0. The molecular weight excluding hydrogens is 259 g/mol. The second kappa shape index (κ2) is 4.80. The summed E-state index contributed by atoms with van der Waals surface area (Å²) < 4.78 is 14.2. The first-order chi connectivity index (χ1) is 8.08. The van der Waals surface area contributed by atoms with Gasteiger partial charge in [-0.3, -0.25) is 5.41 Å². The highest BCUT2D eigenvalue weighted by Gasteiger charge is 2.13. The van der Waals surface area contributed by atoms with Gasteiger partial charge in [0.25, 0.3) is 0 Å². The summed E-state index contributed by atoms with van der Waals surface area (Å²) in [4.78, 5) is 0.577. The average Bonchev–Trinajstić information content (AvgIpc) is 2.63. The minimum absolute atomic E-state index is 0.116. The summed E-state index contributed by atoms with van der Waals surface area (Å²) in [6, 6.07) is 4.57. The van der Waals surface area contributed by atoms with Crippen LogP contribution >= 0.6 is 23.1 Å². The molecule has 1 heterocycles. The van der Waals surface area contributed by atoms with Crippen molar-refractivity contribution in [3.63, 3.8) is 0 Å². The summed E-state index contributed by atoms with van der Waals surface area (Å²) >= 11 is 2.68. The normalized spacial score (nSPS) is 10.5. The largest absolute Gasteiger partial charge is 0.384 e. The molecule has 0 aliphatic heterocycles. The first-order valence-corrected chi connectivity index (χ1v) is 6.32. The third-order valence-corrected chi connectivity index (χ3v) is 3.90. The quantitative estimate of drug-likeness (QED) is 0.662. The van der Waals surface area contributed by atoms with Crippen LogP contribution in [0.15, 0.2) is 27.4 Å². The molecule has 2 rings (SSSR count). The number of nitrogens with two attached hydrogens (primary N) is 1. The maximum atomic E-state index is 13.5. The van der Waals surface area contributed by atoms with Crippen LogP contribution in [0.25, 0.3) is 0 Å². The topological polar surface area (TPSA) is 75.7 Å². The molecule has 0 fully saturated rings. The zero-order valence-corrected chi connectivity index (χ0v) is 10.5. The number of aromatic nitrogens is 2. The van der Waals surface area contributed by atoms with Gasteiger partial charge in [0, 0.05) is 4.90 Å². The van der Waals surface area contributed by atoms with Crippen molar-refractivity contribution in [2.24, 2.45) is 5.73 Å². The van der Waals surface area contributed by atoms with Gasteiger partial charge in [-0.1, -0.05) is 29.2 Å². The zero-order chi connectivity index (χ0) is 12.4. The monoisotopic (exact) mass is 268 g/mol. The van der Waals surface area contributed by atoms with Crippen molar-refractivity contribution in [2.75, 3.05) is 0 Å². The Labute approximate surface area is 106 Å². The maximum absolute atomic E-state index is 13.5. The van der Waals surface area contributed by atoms with E-state index in [1.165, 1.54) is 29.2 Å². The van der Waals surface area contributed by atoms with Gasteiger partial charge < -0.3 is 5.73 Å². The molecule has 0 aliphatic carbocycles. The van der Waals surface area contributed by atoms with Crippen LogP contribution in [0.3, 0.4) is 0 Å². The van der Waals surface area contributed by atoms with Crippen LogP contribution in [0.2, 0.25) is 0 Å². The van der Waals surface area contributed by atoms with Gasteiger partial charge in [0.1, 0.15) is 16.7 Å². The Morgan fingerprint density at radius 3 is 2.82 bits per heavy atom. The van der Waals surface area contributed by atoms with E-state index in [1.54, 1.807) is 12.1 Å². The number of aryl methyl sites for hydroxylation is 1. The Kier molecular flexibility index (Phi) is 3.39. The highest BCUT2D eigenvalue weighted by atomic mass is 32.2. The Bertz CT molecular complexity index is 567. The number of hydrogen-bond acceptors (Lipinski definition) is 5. The highest BCUT2D eigenvalue weighted by molar-refractivity contribution is 8.01. The molecule has 17 heavy (non-hydrogen) atoms. The van der Waals surface area contributed by atoms with Crippen molar-refractivity contribution < 1.29 is 4.39 Å². The molecule has 0 bridgehead atoms. The number of nitrogen functional groups attached to an aromatic ring is 1. The Morgan fingerprint density at radius 1 is 1.47 bits per heavy atom. The van der Waals surface area contributed by atoms with Crippen LogP contribution in [0.1, 0.15) is 10.6 Å². The predicted molar refractivity (Wildman–Crippen MR) is 66.2 cm³/mol. The average molecular weight is 268 g/mol. The number of nitrogens with zero attached hydrogens (tertiary/aromatic N) is 2. The molecule has 1 aromatic heterocycles. The smallest absolute Gasteiger partial charge is 0.179 e. The van der Waals surface area contributed by atoms with Gasteiger partial charge in [0.05, 0.1) is 5.56 Å². The molecule has 0 unspecified atom stereocenters. The number of amidine groups is 1. The molecule has 7 heteroatoms. The Balaban J connectivity index is 2.39. The minimum Gasteiger partial charge on any atom is -0.384 e. The van der Waals surface area contributed by atoms with Gasteiger partial charge >= 0.3 is 0 Å². The first-order valence-electron chi connectivity index (χ1n) is 4.69. The number of hydrogen-bond donors (Lipinski definition) is 2. The molecule has 3 N–H and O–H groups in total. The van der Waals surface area contributed by atoms with Gasteiger partial charge in [0.2, 0.25) is 0 Å². The standard InChI is InChI=1S/C10H9FN4S2/c1-5-14-15-10(16-5)17-7-4-2-3-6(11)8(7)9(12)13/h2-4H,1H3,(H3,12,13). The summed E-state index contributed by atoms with van der Waals surface area (Å²) in [6.07, 6.45) is 0. The third kappa shape index (κ3) is 2.62. The molecular formula is C10H9FN4S2. The molecule has 1 aromatic carbocycles. The second-order valence-electron chi connectivity index (χ2n) is 3.22. The van der Waals surface area contributed by atoms with E-state index in [1.807, 2.05) is 6.92 Å². The number of halogens is 1. The SMILES string of the molecule is Cc1nnc(Sc2cccc(F)c2C(=N)N)s1.